The van der Waals surface area contributed by atoms with Crippen LogP contribution in [0.15, 0.2) is 24.3 Å². The smallest absolute Gasteiger partial charge is 0.310 e. The summed E-state index contributed by atoms with van der Waals surface area (Å²) >= 11 is 0. The molecule has 66 valence electrons. The fourth-order valence-electron chi connectivity index (χ4n) is 1.10. The summed E-state index contributed by atoms with van der Waals surface area (Å²) in [4.78, 5) is 10.8. The fourth-order valence-corrected chi connectivity index (χ4v) is 1.10. The van der Waals surface area contributed by atoms with Gasteiger partial charge in [0.15, 0.2) is 0 Å². The van der Waals surface area contributed by atoms with Crippen LogP contribution in [0.3, 0.4) is 0 Å². The number of carbonyl (C=O) groups excluding carboxylic acids is 1. The van der Waals surface area contributed by atoms with Crippen molar-refractivity contribution in [3.8, 4) is 0 Å². The van der Waals surface area contributed by atoms with E-state index in [1.165, 1.54) is 0 Å². The van der Waals surface area contributed by atoms with E-state index in [1.807, 2.05) is 18.2 Å². The van der Waals surface area contributed by atoms with Gasteiger partial charge in [-0.05, 0) is 12.5 Å². The van der Waals surface area contributed by atoms with Gasteiger partial charge >= 0.3 is 5.97 Å². The number of esters is 1. The molecule has 0 fully saturated rings. The van der Waals surface area contributed by atoms with Crippen LogP contribution in [0.25, 0.3) is 0 Å². The standard InChI is InChI=1S/C10H14O2/c1-2-3-4-6-9-7-5-8-10(11)12-9/h3-5,7,9H,2,6,8H2,1H3/b4-3-. The van der Waals surface area contributed by atoms with Crippen molar-refractivity contribution in [3.63, 3.8) is 0 Å². The van der Waals surface area contributed by atoms with E-state index < -0.39 is 0 Å². The number of hydrogen-bond donors (Lipinski definition) is 0. The van der Waals surface area contributed by atoms with Crippen molar-refractivity contribution in [1.29, 1.82) is 0 Å². The van der Waals surface area contributed by atoms with Crippen molar-refractivity contribution in [2.45, 2.75) is 32.3 Å². The Morgan fingerprint density at radius 1 is 1.67 bits per heavy atom. The molecule has 2 heteroatoms. The normalized spacial score (nSPS) is 23.1. The van der Waals surface area contributed by atoms with Gasteiger partial charge in [-0.15, -0.1) is 0 Å². The molecular weight excluding hydrogens is 152 g/mol. The van der Waals surface area contributed by atoms with Crippen molar-refractivity contribution in [3.05, 3.63) is 24.3 Å². The number of cyclic esters (lactones) is 1. The van der Waals surface area contributed by atoms with Crippen LogP contribution in [0.1, 0.15) is 26.2 Å². The zero-order valence-electron chi connectivity index (χ0n) is 7.32. The number of hydrogen-bond acceptors (Lipinski definition) is 2. The average Bonchev–Trinajstić information content (AvgIpc) is 2.05. The molecule has 0 bridgehead atoms. The molecule has 0 N–H and O–H groups in total. The first-order valence-corrected chi connectivity index (χ1v) is 4.34. The number of rotatable bonds is 3. The van der Waals surface area contributed by atoms with Crippen LogP contribution in [0.2, 0.25) is 0 Å². The first-order chi connectivity index (χ1) is 5.83. The molecule has 1 rings (SSSR count). The lowest BCUT2D eigenvalue weighted by atomic mass is 10.1. The maximum Gasteiger partial charge on any atom is 0.310 e. The molecule has 1 aliphatic rings. The van der Waals surface area contributed by atoms with E-state index in [1.54, 1.807) is 0 Å². The summed E-state index contributed by atoms with van der Waals surface area (Å²) in [6.07, 6.45) is 10.2. The zero-order chi connectivity index (χ0) is 8.81. The molecule has 1 aliphatic heterocycles. The topological polar surface area (TPSA) is 26.3 Å². The van der Waals surface area contributed by atoms with Gasteiger partial charge in [0.2, 0.25) is 0 Å². The molecule has 0 aliphatic carbocycles. The average molecular weight is 166 g/mol. The second-order valence-electron chi connectivity index (χ2n) is 2.78. The van der Waals surface area contributed by atoms with Crippen molar-refractivity contribution in [2.24, 2.45) is 0 Å². The van der Waals surface area contributed by atoms with Crippen LogP contribution < -0.4 is 0 Å². The van der Waals surface area contributed by atoms with Gasteiger partial charge in [0.25, 0.3) is 0 Å². The quantitative estimate of drug-likeness (QED) is 0.474. The predicted molar refractivity (Wildman–Crippen MR) is 47.7 cm³/mol. The van der Waals surface area contributed by atoms with Crippen LogP contribution in [-0.2, 0) is 9.53 Å². The monoisotopic (exact) mass is 166 g/mol. The largest absolute Gasteiger partial charge is 0.458 e. The van der Waals surface area contributed by atoms with Gasteiger partial charge in [-0.2, -0.15) is 0 Å². The molecule has 0 spiro atoms. The van der Waals surface area contributed by atoms with Gasteiger partial charge in [0.05, 0.1) is 6.42 Å². The van der Waals surface area contributed by atoms with Crippen LogP contribution in [0.5, 0.6) is 0 Å². The van der Waals surface area contributed by atoms with Gasteiger partial charge < -0.3 is 4.74 Å². The van der Waals surface area contributed by atoms with E-state index in [2.05, 4.69) is 13.0 Å². The lowest BCUT2D eigenvalue weighted by Gasteiger charge is -2.15. The third kappa shape index (κ3) is 2.91. The van der Waals surface area contributed by atoms with Gasteiger partial charge in [-0.1, -0.05) is 25.2 Å². The summed E-state index contributed by atoms with van der Waals surface area (Å²) in [7, 11) is 0. The molecule has 1 heterocycles. The highest BCUT2D eigenvalue weighted by atomic mass is 16.5. The van der Waals surface area contributed by atoms with Gasteiger partial charge in [0.1, 0.15) is 6.10 Å². The molecule has 0 aromatic carbocycles. The molecule has 0 aromatic rings. The molecule has 2 nitrogen and oxygen atoms in total. The minimum atomic E-state index is -0.118. The van der Waals surface area contributed by atoms with Crippen molar-refractivity contribution in [1.82, 2.24) is 0 Å². The van der Waals surface area contributed by atoms with Gasteiger partial charge in [0, 0.05) is 6.42 Å². The summed E-state index contributed by atoms with van der Waals surface area (Å²) in [5, 5.41) is 0. The minimum Gasteiger partial charge on any atom is -0.458 e. The molecule has 0 amide bonds. The first-order valence-electron chi connectivity index (χ1n) is 4.34. The molecule has 1 atom stereocenters. The summed E-state index contributed by atoms with van der Waals surface area (Å²) in [5.41, 5.74) is 0. The molecule has 12 heavy (non-hydrogen) atoms. The van der Waals surface area contributed by atoms with E-state index in [4.69, 9.17) is 4.74 Å². The van der Waals surface area contributed by atoms with E-state index in [9.17, 15) is 4.79 Å². The van der Waals surface area contributed by atoms with E-state index in [0.29, 0.717) is 6.42 Å². The third-order valence-electron chi connectivity index (χ3n) is 1.69. The number of ether oxygens (including phenoxy) is 1. The van der Waals surface area contributed by atoms with Crippen LogP contribution in [0.4, 0.5) is 0 Å². The SMILES string of the molecule is CC/C=C\CC1C=CCC(=O)O1. The first kappa shape index (κ1) is 9.04. The van der Waals surface area contributed by atoms with Gasteiger partial charge in [-0.3, -0.25) is 4.79 Å². The Morgan fingerprint density at radius 2 is 2.50 bits per heavy atom. The van der Waals surface area contributed by atoms with Crippen molar-refractivity contribution < 1.29 is 9.53 Å². The Balaban J connectivity index is 2.32. The van der Waals surface area contributed by atoms with Crippen molar-refractivity contribution >= 4 is 5.97 Å². The summed E-state index contributed by atoms with van der Waals surface area (Å²) in [6, 6.07) is 0. The van der Waals surface area contributed by atoms with E-state index >= 15 is 0 Å². The maximum atomic E-state index is 10.8. The molecule has 0 aromatic heterocycles. The summed E-state index contributed by atoms with van der Waals surface area (Å²) in [6.45, 7) is 2.08. The van der Waals surface area contributed by atoms with E-state index in [-0.39, 0.29) is 12.1 Å². The second kappa shape index (κ2) is 4.75. The highest BCUT2D eigenvalue weighted by molar-refractivity contribution is 5.72. The van der Waals surface area contributed by atoms with Gasteiger partial charge in [-0.25, -0.2) is 0 Å². The third-order valence-corrected chi connectivity index (χ3v) is 1.69. The fraction of sp³-hybridized carbons (Fsp3) is 0.500. The highest BCUT2D eigenvalue weighted by Gasteiger charge is 2.12. The molecule has 0 saturated carbocycles. The molecule has 0 radical (unpaired) electrons. The Kier molecular flexibility index (Phi) is 3.58. The highest BCUT2D eigenvalue weighted by Crippen LogP contribution is 2.09. The second-order valence-corrected chi connectivity index (χ2v) is 2.78. The molecular formula is C10H14O2. The lowest BCUT2D eigenvalue weighted by molar-refractivity contribution is -0.146. The Labute approximate surface area is 72.9 Å². The number of allylic oxidation sites excluding steroid dienone is 1. The van der Waals surface area contributed by atoms with E-state index in [0.717, 1.165) is 12.8 Å². The summed E-state index contributed by atoms with van der Waals surface area (Å²) in [5.74, 6) is -0.118. The maximum absolute atomic E-state index is 10.8. The Morgan fingerprint density at radius 3 is 3.17 bits per heavy atom. The molecule has 0 saturated heterocycles. The minimum absolute atomic E-state index is 0.0333. The Hall–Kier alpha value is -1.05. The lowest BCUT2D eigenvalue weighted by Crippen LogP contribution is -2.18. The summed E-state index contributed by atoms with van der Waals surface area (Å²) < 4.78 is 5.06. The van der Waals surface area contributed by atoms with Crippen LogP contribution >= 0.6 is 0 Å². The predicted octanol–water partition coefficient (Wildman–Crippen LogP) is 2.21. The number of carbonyl (C=O) groups is 1. The molecule has 1 unspecified atom stereocenters. The van der Waals surface area contributed by atoms with Crippen molar-refractivity contribution in [2.75, 3.05) is 0 Å². The van der Waals surface area contributed by atoms with Crippen LogP contribution in [0, 0.1) is 0 Å². The van der Waals surface area contributed by atoms with Crippen LogP contribution in [-0.4, -0.2) is 12.1 Å². The Bertz CT molecular complexity index is 204. The zero-order valence-corrected chi connectivity index (χ0v) is 7.32.